The van der Waals surface area contributed by atoms with Crippen molar-refractivity contribution in [1.82, 2.24) is 10.6 Å². The standard InChI is InChI=1S/C25H28F2N2O6/c1-34-12-6-11-20(24(32)28-21(23(26)27)13-22(30)31)29-25(33)35-14-19-17-9-4-2-7-15(17)16-8-3-5-10-18(16)19/h2-5,7-10,19-21,23H,6,11-14H2,1H3,(H,28,32)(H,29,33)(H,30,31). The summed E-state index contributed by atoms with van der Waals surface area (Å²) in [5, 5.41) is 13.3. The molecule has 0 aliphatic heterocycles. The lowest BCUT2D eigenvalue weighted by molar-refractivity contribution is -0.139. The molecule has 2 atom stereocenters. The molecule has 0 bridgehead atoms. The zero-order valence-corrected chi connectivity index (χ0v) is 19.2. The van der Waals surface area contributed by atoms with Crippen LogP contribution in [0.5, 0.6) is 0 Å². The summed E-state index contributed by atoms with van der Waals surface area (Å²) >= 11 is 0. The Morgan fingerprint density at radius 1 is 1.00 bits per heavy atom. The van der Waals surface area contributed by atoms with Gasteiger partial charge in [0.1, 0.15) is 18.7 Å². The molecule has 188 valence electrons. The molecule has 2 aromatic rings. The average Bonchev–Trinajstić information content (AvgIpc) is 3.15. The molecule has 3 N–H and O–H groups in total. The summed E-state index contributed by atoms with van der Waals surface area (Å²) < 4.78 is 36.8. The number of halogens is 2. The number of carboxylic acids is 1. The molecule has 0 radical (unpaired) electrons. The predicted octanol–water partition coefficient (Wildman–Crippen LogP) is 3.54. The van der Waals surface area contributed by atoms with E-state index in [1.54, 1.807) is 0 Å². The second kappa shape index (κ2) is 12.3. The molecule has 2 unspecified atom stereocenters. The van der Waals surface area contributed by atoms with Crippen LogP contribution in [0.2, 0.25) is 0 Å². The van der Waals surface area contributed by atoms with Gasteiger partial charge in [0.15, 0.2) is 0 Å². The van der Waals surface area contributed by atoms with Crippen molar-refractivity contribution < 1.29 is 37.7 Å². The first kappa shape index (κ1) is 26.1. The van der Waals surface area contributed by atoms with Crippen LogP contribution in [-0.2, 0) is 19.1 Å². The molecule has 1 aliphatic rings. The van der Waals surface area contributed by atoms with Gasteiger partial charge in [-0.1, -0.05) is 48.5 Å². The van der Waals surface area contributed by atoms with Gasteiger partial charge in [-0.25, -0.2) is 13.6 Å². The molecule has 0 aromatic heterocycles. The molecule has 0 heterocycles. The maximum absolute atomic E-state index is 13.2. The highest BCUT2D eigenvalue weighted by Gasteiger charge is 2.31. The fourth-order valence-electron chi connectivity index (χ4n) is 4.16. The smallest absolute Gasteiger partial charge is 0.407 e. The van der Waals surface area contributed by atoms with E-state index >= 15 is 0 Å². The van der Waals surface area contributed by atoms with Crippen LogP contribution in [0.15, 0.2) is 48.5 Å². The van der Waals surface area contributed by atoms with Gasteiger partial charge in [-0.2, -0.15) is 0 Å². The maximum Gasteiger partial charge on any atom is 0.407 e. The minimum atomic E-state index is -3.08. The number of alkyl halides is 2. The fraction of sp³-hybridized carbons (Fsp3) is 0.400. The van der Waals surface area contributed by atoms with Crippen LogP contribution in [0.3, 0.4) is 0 Å². The quantitative estimate of drug-likeness (QED) is 0.392. The third kappa shape index (κ3) is 6.75. The first-order chi connectivity index (χ1) is 16.8. The number of carbonyl (C=O) groups excluding carboxylic acids is 2. The zero-order chi connectivity index (χ0) is 25.4. The van der Waals surface area contributed by atoms with Gasteiger partial charge in [-0.3, -0.25) is 9.59 Å². The van der Waals surface area contributed by atoms with Crippen molar-refractivity contribution in [3.8, 4) is 11.1 Å². The number of hydrogen-bond donors (Lipinski definition) is 3. The number of hydrogen-bond acceptors (Lipinski definition) is 5. The molecule has 0 spiro atoms. The molecule has 2 aromatic carbocycles. The van der Waals surface area contributed by atoms with Crippen LogP contribution in [0.4, 0.5) is 13.6 Å². The topological polar surface area (TPSA) is 114 Å². The monoisotopic (exact) mass is 490 g/mol. The number of benzene rings is 2. The van der Waals surface area contributed by atoms with Gasteiger partial charge < -0.3 is 25.2 Å². The summed E-state index contributed by atoms with van der Waals surface area (Å²) in [6, 6.07) is 12.5. The second-order valence-electron chi connectivity index (χ2n) is 8.20. The molecule has 0 fully saturated rings. The van der Waals surface area contributed by atoms with E-state index in [1.165, 1.54) is 7.11 Å². The van der Waals surface area contributed by atoms with Gasteiger partial charge >= 0.3 is 12.1 Å². The Hall–Kier alpha value is -3.53. The van der Waals surface area contributed by atoms with E-state index in [4.69, 9.17) is 14.6 Å². The Balaban J connectivity index is 1.65. The average molecular weight is 491 g/mol. The molecular weight excluding hydrogens is 462 g/mol. The molecule has 2 amide bonds. The first-order valence-electron chi connectivity index (χ1n) is 11.2. The van der Waals surface area contributed by atoms with Crippen LogP contribution in [0.25, 0.3) is 11.1 Å². The van der Waals surface area contributed by atoms with Crippen LogP contribution >= 0.6 is 0 Å². The number of ether oxygens (including phenoxy) is 2. The number of amides is 2. The molecule has 3 rings (SSSR count). The maximum atomic E-state index is 13.2. The summed E-state index contributed by atoms with van der Waals surface area (Å²) in [6.45, 7) is 0.300. The number of alkyl carbamates (subject to hydrolysis) is 1. The largest absolute Gasteiger partial charge is 0.481 e. The highest BCUT2D eigenvalue weighted by Crippen LogP contribution is 2.44. The van der Waals surface area contributed by atoms with Gasteiger partial charge in [-0.15, -0.1) is 0 Å². The van der Waals surface area contributed by atoms with Gasteiger partial charge in [0.2, 0.25) is 5.91 Å². The SMILES string of the molecule is COCCCC(NC(=O)OCC1c2ccccc2-c2ccccc21)C(=O)NC(CC(=O)O)C(F)F. The molecular formula is C25H28F2N2O6. The molecule has 0 saturated heterocycles. The summed E-state index contributed by atoms with van der Waals surface area (Å²) in [7, 11) is 1.47. The Labute approximate surface area is 201 Å². The lowest BCUT2D eigenvalue weighted by atomic mass is 9.98. The van der Waals surface area contributed by atoms with Crippen molar-refractivity contribution in [1.29, 1.82) is 0 Å². The van der Waals surface area contributed by atoms with Crippen molar-refractivity contribution in [3.05, 3.63) is 59.7 Å². The lowest BCUT2D eigenvalue weighted by Crippen LogP contribution is -2.52. The van der Waals surface area contributed by atoms with E-state index in [1.807, 2.05) is 53.8 Å². The third-order valence-corrected chi connectivity index (χ3v) is 5.82. The van der Waals surface area contributed by atoms with E-state index in [-0.39, 0.29) is 25.6 Å². The van der Waals surface area contributed by atoms with Crippen LogP contribution in [0.1, 0.15) is 36.3 Å². The van der Waals surface area contributed by atoms with E-state index in [2.05, 4.69) is 5.32 Å². The van der Waals surface area contributed by atoms with Crippen molar-refractivity contribution in [2.45, 2.75) is 43.7 Å². The third-order valence-electron chi connectivity index (χ3n) is 5.82. The lowest BCUT2D eigenvalue weighted by Gasteiger charge is -2.22. The van der Waals surface area contributed by atoms with E-state index < -0.39 is 42.9 Å². The number of nitrogens with one attached hydrogen (secondary N) is 2. The summed E-state index contributed by atoms with van der Waals surface area (Å²) in [4.78, 5) is 36.0. The van der Waals surface area contributed by atoms with Gasteiger partial charge in [0, 0.05) is 19.6 Å². The minimum Gasteiger partial charge on any atom is -0.481 e. The number of fused-ring (bicyclic) bond motifs is 3. The molecule has 10 heteroatoms. The van der Waals surface area contributed by atoms with E-state index in [0.717, 1.165) is 22.3 Å². The van der Waals surface area contributed by atoms with Crippen molar-refractivity contribution in [2.75, 3.05) is 20.3 Å². The molecule has 35 heavy (non-hydrogen) atoms. The Bertz CT molecular complexity index is 1000. The van der Waals surface area contributed by atoms with Gasteiger partial charge in [0.25, 0.3) is 6.43 Å². The number of methoxy groups -OCH3 is 1. The Morgan fingerprint density at radius 3 is 2.14 bits per heavy atom. The second-order valence-corrected chi connectivity index (χ2v) is 8.20. The van der Waals surface area contributed by atoms with Crippen molar-refractivity contribution in [3.63, 3.8) is 0 Å². The van der Waals surface area contributed by atoms with Gasteiger partial charge in [-0.05, 0) is 35.1 Å². The van der Waals surface area contributed by atoms with E-state index in [0.29, 0.717) is 6.42 Å². The Kier molecular flexibility index (Phi) is 9.13. The van der Waals surface area contributed by atoms with E-state index in [9.17, 15) is 23.2 Å². The number of carbonyl (C=O) groups is 3. The van der Waals surface area contributed by atoms with Crippen LogP contribution in [-0.4, -0.2) is 61.9 Å². The normalized spacial score (nSPS) is 14.1. The van der Waals surface area contributed by atoms with Crippen molar-refractivity contribution in [2.24, 2.45) is 0 Å². The highest BCUT2D eigenvalue weighted by molar-refractivity contribution is 5.86. The summed E-state index contributed by atoms with van der Waals surface area (Å²) in [6.07, 6.45) is -4.46. The van der Waals surface area contributed by atoms with Gasteiger partial charge in [0.05, 0.1) is 6.42 Å². The summed E-state index contributed by atoms with van der Waals surface area (Å²) in [5.41, 5.74) is 4.16. The zero-order valence-electron chi connectivity index (χ0n) is 19.2. The fourth-order valence-corrected chi connectivity index (χ4v) is 4.16. The molecule has 8 nitrogen and oxygen atoms in total. The Morgan fingerprint density at radius 2 is 1.60 bits per heavy atom. The predicted molar refractivity (Wildman–Crippen MR) is 123 cm³/mol. The van der Waals surface area contributed by atoms with Crippen molar-refractivity contribution >= 4 is 18.0 Å². The number of aliphatic carboxylic acids is 1. The first-order valence-corrected chi connectivity index (χ1v) is 11.2. The van der Waals surface area contributed by atoms with Crippen LogP contribution in [0, 0.1) is 0 Å². The molecule has 1 aliphatic carbocycles. The van der Waals surface area contributed by atoms with Crippen LogP contribution < -0.4 is 10.6 Å². The summed E-state index contributed by atoms with van der Waals surface area (Å²) in [5.74, 6) is -2.58. The highest BCUT2D eigenvalue weighted by atomic mass is 19.3. The number of rotatable bonds is 12. The molecule has 0 saturated carbocycles. The minimum absolute atomic E-state index is 0.0188. The number of carboxylic acid groups (broad SMARTS) is 1.